The number of amidine groups is 1. The van der Waals surface area contributed by atoms with E-state index >= 15 is 0 Å². The van der Waals surface area contributed by atoms with Crippen LogP contribution in [0.2, 0.25) is 0 Å². The number of thiophene rings is 1. The summed E-state index contributed by atoms with van der Waals surface area (Å²) in [6.45, 7) is 1.26. The summed E-state index contributed by atoms with van der Waals surface area (Å²) in [5.74, 6) is 0.465. The molecule has 200 valence electrons. The van der Waals surface area contributed by atoms with Gasteiger partial charge in [-0.1, -0.05) is 0 Å². The highest BCUT2D eigenvalue weighted by Gasteiger charge is 2.33. The van der Waals surface area contributed by atoms with Crippen LogP contribution >= 0.6 is 11.3 Å². The highest BCUT2D eigenvalue weighted by molar-refractivity contribution is 7.17. The van der Waals surface area contributed by atoms with Crippen LogP contribution in [0.3, 0.4) is 0 Å². The molecule has 3 aliphatic heterocycles. The van der Waals surface area contributed by atoms with Crippen LogP contribution in [0.5, 0.6) is 5.75 Å². The number of halogens is 5. The molecule has 1 aromatic carbocycles. The second kappa shape index (κ2) is 9.79. The van der Waals surface area contributed by atoms with Crippen LogP contribution in [0.4, 0.5) is 33.5 Å². The third-order valence-corrected chi connectivity index (χ3v) is 7.82. The number of hydrazine groups is 1. The summed E-state index contributed by atoms with van der Waals surface area (Å²) in [7, 11) is 0. The van der Waals surface area contributed by atoms with E-state index < -0.39 is 24.4 Å². The number of fused-ring (bicyclic) bond motifs is 3. The number of benzene rings is 1. The topological polar surface area (TPSA) is 56.2 Å². The molecule has 13 heteroatoms. The van der Waals surface area contributed by atoms with E-state index in [4.69, 9.17) is 9.72 Å². The van der Waals surface area contributed by atoms with E-state index in [1.54, 1.807) is 0 Å². The SMILES string of the molecule is Fc1ccc(N2NCN=C2c2cc3c(s2)-c2nc(N4CCN(CC(F)(F)F)CC4)ccc2OCC3)c(F)c1. The van der Waals surface area contributed by atoms with E-state index in [-0.39, 0.29) is 12.4 Å². The molecular formula is C25H23F5N6OS. The van der Waals surface area contributed by atoms with Crippen LogP contribution in [0, 0.1) is 11.6 Å². The monoisotopic (exact) mass is 550 g/mol. The lowest BCUT2D eigenvalue weighted by molar-refractivity contribution is -0.146. The fraction of sp³-hybridized carbons (Fsp3) is 0.360. The average Bonchev–Trinajstić information content (AvgIpc) is 3.48. The molecule has 0 atom stereocenters. The third kappa shape index (κ3) is 4.93. The molecule has 0 bridgehead atoms. The Bertz CT molecular complexity index is 1390. The van der Waals surface area contributed by atoms with E-state index in [2.05, 4.69) is 10.4 Å². The van der Waals surface area contributed by atoms with Gasteiger partial charge in [-0.3, -0.25) is 9.91 Å². The van der Waals surface area contributed by atoms with Gasteiger partial charge in [0.25, 0.3) is 0 Å². The van der Waals surface area contributed by atoms with Crippen molar-refractivity contribution in [1.82, 2.24) is 15.3 Å². The quantitative estimate of drug-likeness (QED) is 0.485. The number of ether oxygens (including phenoxy) is 1. The third-order valence-electron chi connectivity index (χ3n) is 6.64. The van der Waals surface area contributed by atoms with Crippen LogP contribution in [0.1, 0.15) is 10.4 Å². The van der Waals surface area contributed by atoms with Gasteiger partial charge in [-0.15, -0.1) is 11.3 Å². The zero-order valence-electron chi connectivity index (χ0n) is 20.1. The van der Waals surface area contributed by atoms with Gasteiger partial charge in [0.2, 0.25) is 0 Å². The summed E-state index contributed by atoms with van der Waals surface area (Å²) in [6.07, 6.45) is -3.58. The van der Waals surface area contributed by atoms with Gasteiger partial charge in [0.1, 0.15) is 29.7 Å². The first-order valence-corrected chi connectivity index (χ1v) is 12.9. The van der Waals surface area contributed by atoms with Crippen molar-refractivity contribution in [3.8, 4) is 16.3 Å². The van der Waals surface area contributed by atoms with Crippen molar-refractivity contribution in [2.45, 2.75) is 12.6 Å². The fourth-order valence-corrected chi connectivity index (χ4v) is 6.06. The number of pyridine rings is 1. The van der Waals surface area contributed by atoms with Crippen molar-refractivity contribution in [3.05, 3.63) is 58.5 Å². The Labute approximate surface area is 219 Å². The molecule has 7 nitrogen and oxygen atoms in total. The standard InChI is InChI=1S/C25H23F5N6OS/c26-16-1-2-18(17(27)12-16)36-24(31-14-32-36)20-11-15-5-10-37-19-3-4-21(33-22(19)23(15)38-20)35-8-6-34(7-9-35)13-25(28,29)30/h1-4,11-12,32H,5-10,13-14H2. The summed E-state index contributed by atoms with van der Waals surface area (Å²) < 4.78 is 72.2. The van der Waals surface area contributed by atoms with Crippen molar-refractivity contribution in [1.29, 1.82) is 0 Å². The molecule has 1 saturated heterocycles. The Morgan fingerprint density at radius 2 is 1.84 bits per heavy atom. The molecule has 0 unspecified atom stereocenters. The van der Waals surface area contributed by atoms with Crippen LogP contribution in [-0.2, 0) is 6.42 Å². The van der Waals surface area contributed by atoms with Gasteiger partial charge in [0.15, 0.2) is 11.7 Å². The molecule has 3 aliphatic rings. The number of nitrogens with zero attached hydrogens (tertiary/aromatic N) is 5. The zero-order valence-corrected chi connectivity index (χ0v) is 20.9. The molecule has 0 saturated carbocycles. The van der Waals surface area contributed by atoms with E-state index in [1.165, 1.54) is 33.4 Å². The highest BCUT2D eigenvalue weighted by Crippen LogP contribution is 2.41. The normalized spacial score (nSPS) is 18.1. The Balaban J connectivity index is 1.28. The number of alkyl halides is 3. The van der Waals surface area contributed by atoms with E-state index in [1.807, 2.05) is 23.1 Å². The number of hydrogen-bond donors (Lipinski definition) is 1. The maximum atomic E-state index is 14.5. The van der Waals surface area contributed by atoms with Crippen LogP contribution in [0.25, 0.3) is 10.6 Å². The molecule has 2 aromatic heterocycles. The summed E-state index contributed by atoms with van der Waals surface area (Å²) in [6, 6.07) is 9.07. The minimum absolute atomic E-state index is 0.167. The Morgan fingerprint density at radius 3 is 2.61 bits per heavy atom. The summed E-state index contributed by atoms with van der Waals surface area (Å²) in [5.41, 5.74) is 4.86. The first kappa shape index (κ1) is 25.0. The molecule has 6 rings (SSSR count). The van der Waals surface area contributed by atoms with Crippen LogP contribution in [0.15, 0.2) is 41.4 Å². The molecular weight excluding hydrogens is 527 g/mol. The van der Waals surface area contributed by atoms with Gasteiger partial charge >= 0.3 is 6.18 Å². The first-order chi connectivity index (χ1) is 18.2. The number of aliphatic imine (C=N–C) groups is 1. The van der Waals surface area contributed by atoms with Gasteiger partial charge < -0.3 is 9.64 Å². The van der Waals surface area contributed by atoms with Gasteiger partial charge in [-0.05, 0) is 35.9 Å². The van der Waals surface area contributed by atoms with Crippen molar-refractivity contribution in [3.63, 3.8) is 0 Å². The number of nitrogens with one attached hydrogen (secondary N) is 1. The molecule has 1 fully saturated rings. The number of hydrogen-bond acceptors (Lipinski definition) is 8. The van der Waals surface area contributed by atoms with Crippen LogP contribution < -0.4 is 20.1 Å². The second-order valence-electron chi connectivity index (χ2n) is 9.19. The molecule has 5 heterocycles. The lowest BCUT2D eigenvalue weighted by atomic mass is 10.1. The smallest absolute Gasteiger partial charge is 0.401 e. The summed E-state index contributed by atoms with van der Waals surface area (Å²) >= 11 is 1.45. The van der Waals surface area contributed by atoms with Crippen molar-refractivity contribution in [2.24, 2.45) is 4.99 Å². The van der Waals surface area contributed by atoms with Gasteiger partial charge in [0.05, 0.1) is 28.6 Å². The predicted molar refractivity (Wildman–Crippen MR) is 135 cm³/mol. The number of anilines is 2. The van der Waals surface area contributed by atoms with E-state index in [0.717, 1.165) is 21.4 Å². The van der Waals surface area contributed by atoms with Gasteiger partial charge in [-0.25, -0.2) is 24.2 Å². The molecule has 38 heavy (non-hydrogen) atoms. The molecule has 0 amide bonds. The predicted octanol–water partition coefficient (Wildman–Crippen LogP) is 4.44. The molecule has 1 N–H and O–H groups in total. The van der Waals surface area contributed by atoms with Crippen molar-refractivity contribution >= 4 is 28.7 Å². The molecule has 0 spiro atoms. The zero-order chi connectivity index (χ0) is 26.4. The number of rotatable bonds is 4. The Hall–Kier alpha value is -3.29. The van der Waals surface area contributed by atoms with E-state index in [9.17, 15) is 22.0 Å². The first-order valence-electron chi connectivity index (χ1n) is 12.1. The second-order valence-corrected chi connectivity index (χ2v) is 10.2. The molecule has 0 radical (unpaired) electrons. The Kier molecular flexibility index (Phi) is 6.44. The number of aromatic nitrogens is 1. The van der Waals surface area contributed by atoms with Gasteiger partial charge in [-0.2, -0.15) is 13.2 Å². The molecule has 3 aromatic rings. The minimum Gasteiger partial charge on any atom is -0.491 e. The average molecular weight is 551 g/mol. The Morgan fingerprint density at radius 1 is 1.03 bits per heavy atom. The summed E-state index contributed by atoms with van der Waals surface area (Å²) in [5, 5.41) is 1.52. The highest BCUT2D eigenvalue weighted by atomic mass is 32.1. The maximum absolute atomic E-state index is 14.5. The van der Waals surface area contributed by atoms with E-state index in [0.29, 0.717) is 62.3 Å². The fourth-order valence-electron chi connectivity index (χ4n) is 4.85. The minimum atomic E-state index is -4.22. The lowest BCUT2D eigenvalue weighted by Gasteiger charge is -2.35. The lowest BCUT2D eigenvalue weighted by Crippen LogP contribution is -2.49. The van der Waals surface area contributed by atoms with Crippen molar-refractivity contribution in [2.75, 3.05) is 55.9 Å². The van der Waals surface area contributed by atoms with Crippen LogP contribution in [-0.4, -0.2) is 67.9 Å². The van der Waals surface area contributed by atoms with Gasteiger partial charge in [0, 0.05) is 38.7 Å². The molecule has 0 aliphatic carbocycles. The largest absolute Gasteiger partial charge is 0.491 e. The summed E-state index contributed by atoms with van der Waals surface area (Å²) in [4.78, 5) is 14.5. The van der Waals surface area contributed by atoms with Crippen molar-refractivity contribution < 1.29 is 26.7 Å². The number of piperazine rings is 1. The maximum Gasteiger partial charge on any atom is 0.401 e.